The zero-order chi connectivity index (χ0) is 17.6. The van der Waals surface area contributed by atoms with Crippen LogP contribution in [0.5, 0.6) is 5.75 Å². The van der Waals surface area contributed by atoms with Gasteiger partial charge in [0.2, 0.25) is 5.91 Å². The minimum atomic E-state index is -0.180. The van der Waals surface area contributed by atoms with Gasteiger partial charge in [0.25, 0.3) is 0 Å². The van der Waals surface area contributed by atoms with Crippen molar-refractivity contribution in [3.8, 4) is 5.75 Å². The van der Waals surface area contributed by atoms with Crippen LogP contribution >= 0.6 is 0 Å². The fourth-order valence-corrected chi connectivity index (χ4v) is 2.79. The highest BCUT2D eigenvalue weighted by Gasteiger charge is 2.18. The van der Waals surface area contributed by atoms with Crippen molar-refractivity contribution < 1.29 is 9.90 Å². The molecule has 1 amide bonds. The quantitative estimate of drug-likeness (QED) is 0.728. The number of carbonyl (C=O) groups excluding carboxylic acids is 1. The molecule has 25 heavy (non-hydrogen) atoms. The van der Waals surface area contributed by atoms with Crippen molar-refractivity contribution in [1.82, 2.24) is 14.9 Å². The minimum Gasteiger partial charge on any atom is -0.508 e. The van der Waals surface area contributed by atoms with Crippen molar-refractivity contribution >= 4 is 5.91 Å². The molecule has 0 aliphatic heterocycles. The summed E-state index contributed by atoms with van der Waals surface area (Å²) in [5.41, 5.74) is 1.64. The Morgan fingerprint density at radius 2 is 1.88 bits per heavy atom. The molecule has 0 radical (unpaired) electrons. The first kappa shape index (κ1) is 16.8. The van der Waals surface area contributed by atoms with Gasteiger partial charge in [-0.1, -0.05) is 48.5 Å². The molecule has 0 aliphatic rings. The van der Waals surface area contributed by atoms with Crippen molar-refractivity contribution in [3.05, 3.63) is 83.9 Å². The Kier molecular flexibility index (Phi) is 5.14. The van der Waals surface area contributed by atoms with Crippen LogP contribution < -0.4 is 5.32 Å². The highest BCUT2D eigenvalue weighted by Crippen LogP contribution is 2.19. The van der Waals surface area contributed by atoms with E-state index in [2.05, 4.69) is 10.3 Å². The van der Waals surface area contributed by atoms with Crippen LogP contribution in [0.4, 0.5) is 0 Å². The second-order valence-corrected chi connectivity index (χ2v) is 5.99. The molecule has 5 heteroatoms. The smallest absolute Gasteiger partial charge is 0.225 e. The highest BCUT2D eigenvalue weighted by atomic mass is 16.3. The molecule has 0 saturated heterocycles. The molecule has 0 saturated carbocycles. The molecule has 1 atom stereocenters. The largest absolute Gasteiger partial charge is 0.508 e. The van der Waals surface area contributed by atoms with Gasteiger partial charge >= 0.3 is 0 Å². The molecule has 2 N–H and O–H groups in total. The zero-order valence-corrected chi connectivity index (χ0v) is 14.1. The summed E-state index contributed by atoms with van der Waals surface area (Å²) in [5.74, 6) is 0.902. The maximum atomic E-state index is 12.5. The van der Waals surface area contributed by atoms with Crippen molar-refractivity contribution in [2.75, 3.05) is 0 Å². The number of para-hydroxylation sites is 1. The fraction of sp³-hybridized carbons (Fsp3) is 0.200. The third-order valence-electron chi connectivity index (χ3n) is 4.19. The number of carbonyl (C=O) groups is 1. The van der Waals surface area contributed by atoms with E-state index in [4.69, 9.17) is 0 Å². The Labute approximate surface area is 147 Å². The van der Waals surface area contributed by atoms with Crippen LogP contribution in [0.1, 0.15) is 23.0 Å². The van der Waals surface area contributed by atoms with Crippen LogP contribution in [0.15, 0.2) is 67.0 Å². The van der Waals surface area contributed by atoms with E-state index < -0.39 is 0 Å². The van der Waals surface area contributed by atoms with Gasteiger partial charge in [-0.2, -0.15) is 0 Å². The topological polar surface area (TPSA) is 67.2 Å². The van der Waals surface area contributed by atoms with Gasteiger partial charge in [-0.3, -0.25) is 4.79 Å². The normalized spacial score (nSPS) is 11.9. The molecule has 0 aliphatic carbocycles. The number of hydrogen-bond donors (Lipinski definition) is 2. The number of aromatic hydroxyl groups is 1. The van der Waals surface area contributed by atoms with E-state index in [1.54, 1.807) is 24.4 Å². The minimum absolute atomic E-state index is 0.135. The van der Waals surface area contributed by atoms with Crippen LogP contribution in [0.2, 0.25) is 0 Å². The van der Waals surface area contributed by atoms with E-state index in [-0.39, 0.29) is 24.1 Å². The number of amides is 1. The summed E-state index contributed by atoms with van der Waals surface area (Å²) >= 11 is 0. The molecule has 0 spiro atoms. The molecule has 0 fully saturated rings. The Morgan fingerprint density at radius 3 is 2.56 bits per heavy atom. The van der Waals surface area contributed by atoms with Crippen molar-refractivity contribution in [3.63, 3.8) is 0 Å². The van der Waals surface area contributed by atoms with E-state index >= 15 is 0 Å². The van der Waals surface area contributed by atoms with Gasteiger partial charge in [0, 0.05) is 31.4 Å². The van der Waals surface area contributed by atoms with Gasteiger partial charge in [-0.25, -0.2) is 4.98 Å². The van der Waals surface area contributed by atoms with Crippen LogP contribution in [-0.4, -0.2) is 20.6 Å². The van der Waals surface area contributed by atoms with Crippen LogP contribution in [0, 0.1) is 0 Å². The molecule has 3 rings (SSSR count). The monoisotopic (exact) mass is 335 g/mol. The molecule has 3 aromatic rings. The van der Waals surface area contributed by atoms with E-state index in [1.807, 2.05) is 54.2 Å². The first-order valence-electron chi connectivity index (χ1n) is 8.21. The fourth-order valence-electron chi connectivity index (χ4n) is 2.79. The number of rotatable bonds is 6. The number of phenols is 1. The molecule has 1 heterocycles. The number of aromatic nitrogens is 2. The molecular weight excluding hydrogens is 314 g/mol. The standard InChI is InChI=1S/C20H21N3O2/c1-23-12-11-21-19(23)14-17(15-7-3-2-4-8-15)22-20(25)13-16-9-5-6-10-18(16)24/h2-12,17,24H,13-14H2,1H3,(H,22,25). The zero-order valence-electron chi connectivity index (χ0n) is 14.1. The lowest BCUT2D eigenvalue weighted by atomic mass is 10.0. The van der Waals surface area contributed by atoms with E-state index in [0.717, 1.165) is 11.4 Å². The Bertz CT molecular complexity index is 843. The molecule has 1 aromatic heterocycles. The predicted molar refractivity (Wildman–Crippen MR) is 96.0 cm³/mol. The van der Waals surface area contributed by atoms with Crippen LogP contribution in [-0.2, 0) is 24.7 Å². The first-order valence-corrected chi connectivity index (χ1v) is 8.21. The second kappa shape index (κ2) is 7.66. The number of phenolic OH excluding ortho intramolecular Hbond substituents is 1. The Hall–Kier alpha value is -3.08. The predicted octanol–water partition coefficient (Wildman–Crippen LogP) is 2.77. The van der Waals surface area contributed by atoms with Gasteiger partial charge in [0.15, 0.2) is 0 Å². The number of imidazole rings is 1. The van der Waals surface area contributed by atoms with Gasteiger partial charge in [0.1, 0.15) is 11.6 Å². The summed E-state index contributed by atoms with van der Waals surface area (Å²) in [6.45, 7) is 0. The molecule has 0 bridgehead atoms. The number of nitrogens with zero attached hydrogens (tertiary/aromatic N) is 2. The van der Waals surface area contributed by atoms with Gasteiger partial charge in [0.05, 0.1) is 12.5 Å². The summed E-state index contributed by atoms with van der Waals surface area (Å²) in [4.78, 5) is 16.9. The lowest BCUT2D eigenvalue weighted by molar-refractivity contribution is -0.121. The first-order chi connectivity index (χ1) is 12.1. The summed E-state index contributed by atoms with van der Waals surface area (Å²) < 4.78 is 1.95. The second-order valence-electron chi connectivity index (χ2n) is 5.99. The van der Waals surface area contributed by atoms with E-state index in [1.165, 1.54) is 0 Å². The third kappa shape index (κ3) is 4.26. The molecule has 128 valence electrons. The SMILES string of the molecule is Cn1ccnc1CC(NC(=O)Cc1ccccc1O)c1ccccc1. The van der Waals surface area contributed by atoms with Crippen molar-refractivity contribution in [2.24, 2.45) is 7.05 Å². The van der Waals surface area contributed by atoms with Gasteiger partial charge in [-0.15, -0.1) is 0 Å². The number of hydrogen-bond acceptors (Lipinski definition) is 3. The van der Waals surface area contributed by atoms with Gasteiger partial charge in [-0.05, 0) is 11.6 Å². The highest BCUT2D eigenvalue weighted by molar-refractivity contribution is 5.79. The number of aryl methyl sites for hydroxylation is 1. The maximum absolute atomic E-state index is 12.5. The average molecular weight is 335 g/mol. The van der Waals surface area contributed by atoms with Crippen LogP contribution in [0.25, 0.3) is 0 Å². The number of benzene rings is 2. The van der Waals surface area contributed by atoms with Crippen molar-refractivity contribution in [2.45, 2.75) is 18.9 Å². The van der Waals surface area contributed by atoms with E-state index in [9.17, 15) is 9.90 Å². The molecule has 2 aromatic carbocycles. The lowest BCUT2D eigenvalue weighted by Crippen LogP contribution is -2.31. The van der Waals surface area contributed by atoms with Crippen molar-refractivity contribution in [1.29, 1.82) is 0 Å². The third-order valence-corrected chi connectivity index (χ3v) is 4.19. The van der Waals surface area contributed by atoms with Gasteiger partial charge < -0.3 is 15.0 Å². The average Bonchev–Trinajstić information content (AvgIpc) is 3.02. The summed E-state index contributed by atoms with van der Waals surface area (Å²) in [5, 5.41) is 12.9. The summed E-state index contributed by atoms with van der Waals surface area (Å²) in [7, 11) is 1.94. The maximum Gasteiger partial charge on any atom is 0.225 e. The van der Waals surface area contributed by atoms with Crippen LogP contribution in [0.3, 0.4) is 0 Å². The Balaban J connectivity index is 1.76. The molecule has 5 nitrogen and oxygen atoms in total. The Morgan fingerprint density at radius 1 is 1.16 bits per heavy atom. The molecular formula is C20H21N3O2. The lowest BCUT2D eigenvalue weighted by Gasteiger charge is -2.19. The summed E-state index contributed by atoms with van der Waals surface area (Å²) in [6.07, 6.45) is 4.37. The van der Waals surface area contributed by atoms with E-state index in [0.29, 0.717) is 12.0 Å². The summed E-state index contributed by atoms with van der Waals surface area (Å²) in [6, 6.07) is 16.6. The molecule has 1 unspecified atom stereocenters. The number of nitrogens with one attached hydrogen (secondary N) is 1.